The first-order chi connectivity index (χ1) is 10.2. The van der Waals surface area contributed by atoms with Gasteiger partial charge >= 0.3 is 0 Å². The summed E-state index contributed by atoms with van der Waals surface area (Å²) in [4.78, 5) is 23.7. The van der Waals surface area contributed by atoms with E-state index in [1.165, 1.54) is 5.56 Å². The van der Waals surface area contributed by atoms with Gasteiger partial charge in [0.2, 0.25) is 11.8 Å². The molecular formula is C17H24N2O2. The van der Waals surface area contributed by atoms with Crippen molar-refractivity contribution in [3.8, 4) is 0 Å². The number of hydrogen-bond acceptors (Lipinski definition) is 2. The highest BCUT2D eigenvalue weighted by atomic mass is 16.2. The van der Waals surface area contributed by atoms with E-state index in [0.717, 1.165) is 37.8 Å². The van der Waals surface area contributed by atoms with Crippen molar-refractivity contribution >= 4 is 11.8 Å². The van der Waals surface area contributed by atoms with Crippen molar-refractivity contribution in [3.63, 3.8) is 0 Å². The lowest BCUT2D eigenvalue weighted by molar-refractivity contribution is -0.128. The number of rotatable bonds is 5. The average molecular weight is 288 g/mol. The quantitative estimate of drug-likeness (QED) is 0.870. The first-order valence-electron chi connectivity index (χ1n) is 7.84. The van der Waals surface area contributed by atoms with Crippen LogP contribution in [0.4, 0.5) is 0 Å². The van der Waals surface area contributed by atoms with Gasteiger partial charge in [-0.2, -0.15) is 0 Å². The van der Waals surface area contributed by atoms with Crippen LogP contribution in [-0.4, -0.2) is 24.4 Å². The molecule has 1 unspecified atom stereocenters. The summed E-state index contributed by atoms with van der Waals surface area (Å²) in [6.07, 6.45) is 4.86. The van der Waals surface area contributed by atoms with Gasteiger partial charge in [0, 0.05) is 13.0 Å². The highest BCUT2D eigenvalue weighted by Gasteiger charge is 2.21. The minimum Gasteiger partial charge on any atom is -0.354 e. The highest BCUT2D eigenvalue weighted by Crippen LogP contribution is 2.09. The second kappa shape index (κ2) is 7.81. The van der Waals surface area contributed by atoms with Crippen LogP contribution in [0.3, 0.4) is 0 Å². The van der Waals surface area contributed by atoms with E-state index in [9.17, 15) is 9.59 Å². The zero-order chi connectivity index (χ0) is 15.1. The van der Waals surface area contributed by atoms with Crippen molar-refractivity contribution < 1.29 is 9.59 Å². The van der Waals surface area contributed by atoms with Crippen molar-refractivity contribution in [2.45, 2.75) is 51.5 Å². The van der Waals surface area contributed by atoms with Gasteiger partial charge in [-0.05, 0) is 43.2 Å². The van der Waals surface area contributed by atoms with Gasteiger partial charge in [-0.25, -0.2) is 0 Å². The summed E-state index contributed by atoms with van der Waals surface area (Å²) >= 11 is 0. The first-order valence-corrected chi connectivity index (χ1v) is 7.84. The Labute approximate surface area is 126 Å². The van der Waals surface area contributed by atoms with Crippen molar-refractivity contribution in [2.24, 2.45) is 0 Å². The fourth-order valence-electron chi connectivity index (χ4n) is 2.54. The van der Waals surface area contributed by atoms with Gasteiger partial charge in [0.1, 0.15) is 6.04 Å². The summed E-state index contributed by atoms with van der Waals surface area (Å²) in [5.74, 6) is -0.0928. The van der Waals surface area contributed by atoms with Gasteiger partial charge in [-0.1, -0.05) is 31.2 Å². The van der Waals surface area contributed by atoms with Crippen LogP contribution in [0.1, 0.15) is 43.7 Å². The predicted octanol–water partition coefficient (Wildman–Crippen LogP) is 1.97. The third-order valence-corrected chi connectivity index (χ3v) is 3.94. The Morgan fingerprint density at radius 3 is 2.67 bits per heavy atom. The van der Waals surface area contributed by atoms with Crippen molar-refractivity contribution in [3.05, 3.63) is 35.4 Å². The molecule has 0 radical (unpaired) electrons. The molecule has 4 heteroatoms. The maximum atomic E-state index is 12.0. The number of carbonyl (C=O) groups excluding carboxylic acids is 2. The Balaban J connectivity index is 1.79. The van der Waals surface area contributed by atoms with Gasteiger partial charge in [0.15, 0.2) is 0 Å². The van der Waals surface area contributed by atoms with Gasteiger partial charge in [0.25, 0.3) is 0 Å². The topological polar surface area (TPSA) is 58.2 Å². The molecule has 1 saturated heterocycles. The molecule has 21 heavy (non-hydrogen) atoms. The lowest BCUT2D eigenvalue weighted by atomic mass is 10.1. The molecule has 114 valence electrons. The molecule has 2 rings (SSSR count). The summed E-state index contributed by atoms with van der Waals surface area (Å²) < 4.78 is 0. The van der Waals surface area contributed by atoms with Crippen LogP contribution in [0.25, 0.3) is 0 Å². The molecule has 0 bridgehead atoms. The van der Waals surface area contributed by atoms with E-state index >= 15 is 0 Å². The largest absolute Gasteiger partial charge is 0.354 e. The van der Waals surface area contributed by atoms with Crippen LogP contribution in [0.5, 0.6) is 0 Å². The highest BCUT2D eigenvalue weighted by molar-refractivity contribution is 5.87. The van der Waals surface area contributed by atoms with Gasteiger partial charge < -0.3 is 10.6 Å². The maximum Gasteiger partial charge on any atom is 0.242 e. The van der Waals surface area contributed by atoms with E-state index < -0.39 is 0 Å². The Morgan fingerprint density at radius 1 is 1.24 bits per heavy atom. The minimum atomic E-state index is -0.359. The third-order valence-electron chi connectivity index (χ3n) is 3.94. The molecule has 0 aromatic heterocycles. The summed E-state index contributed by atoms with van der Waals surface area (Å²) in [5.41, 5.74) is 2.46. The standard InChI is InChI=1S/C17H24N2O2/c1-2-13-6-8-14(9-7-13)10-11-16(20)19-15-5-3-4-12-18-17(15)21/h6-9,15H,2-5,10-12H2,1H3,(H,18,21)(H,19,20). The van der Waals surface area contributed by atoms with Crippen LogP contribution >= 0.6 is 0 Å². The monoisotopic (exact) mass is 288 g/mol. The van der Waals surface area contributed by atoms with Crippen LogP contribution < -0.4 is 10.6 Å². The van der Waals surface area contributed by atoms with E-state index in [1.807, 2.05) is 0 Å². The second-order valence-corrected chi connectivity index (χ2v) is 5.58. The van der Waals surface area contributed by atoms with E-state index in [0.29, 0.717) is 12.8 Å². The average Bonchev–Trinajstić information content (AvgIpc) is 2.71. The molecule has 0 aliphatic carbocycles. The third kappa shape index (κ3) is 4.88. The Kier molecular flexibility index (Phi) is 5.78. The van der Waals surface area contributed by atoms with Crippen molar-refractivity contribution in [2.75, 3.05) is 6.54 Å². The Bertz CT molecular complexity index is 482. The molecule has 1 aromatic rings. The molecule has 4 nitrogen and oxygen atoms in total. The van der Waals surface area contributed by atoms with E-state index in [-0.39, 0.29) is 17.9 Å². The summed E-state index contributed by atoms with van der Waals surface area (Å²) in [6, 6.07) is 8.00. The number of carbonyl (C=O) groups is 2. The lowest BCUT2D eigenvalue weighted by Crippen LogP contribution is -2.45. The molecule has 1 aliphatic heterocycles. The zero-order valence-electron chi connectivity index (χ0n) is 12.7. The molecule has 1 fully saturated rings. The van der Waals surface area contributed by atoms with Gasteiger partial charge in [-0.15, -0.1) is 0 Å². The number of hydrogen-bond donors (Lipinski definition) is 2. The summed E-state index contributed by atoms with van der Waals surface area (Å²) in [7, 11) is 0. The molecular weight excluding hydrogens is 264 g/mol. The van der Waals surface area contributed by atoms with Gasteiger partial charge in [0.05, 0.1) is 0 Å². The normalized spacial score (nSPS) is 18.7. The Morgan fingerprint density at radius 2 is 1.95 bits per heavy atom. The number of amides is 2. The van der Waals surface area contributed by atoms with Crippen LogP contribution in [-0.2, 0) is 22.4 Å². The zero-order valence-corrected chi connectivity index (χ0v) is 12.7. The molecule has 0 saturated carbocycles. The SMILES string of the molecule is CCc1ccc(CCC(=O)NC2CCCCNC2=O)cc1. The number of benzene rings is 1. The molecule has 1 aliphatic rings. The first kappa shape index (κ1) is 15.5. The second-order valence-electron chi connectivity index (χ2n) is 5.58. The number of nitrogens with one attached hydrogen (secondary N) is 2. The van der Waals surface area contributed by atoms with Gasteiger partial charge in [-0.3, -0.25) is 9.59 Å². The fourth-order valence-corrected chi connectivity index (χ4v) is 2.54. The molecule has 0 spiro atoms. The molecule has 1 heterocycles. The molecule has 1 aromatic carbocycles. The van der Waals surface area contributed by atoms with E-state index in [1.54, 1.807) is 0 Å². The van der Waals surface area contributed by atoms with Crippen LogP contribution in [0.2, 0.25) is 0 Å². The minimum absolute atomic E-state index is 0.0448. The van der Waals surface area contributed by atoms with Crippen LogP contribution in [0, 0.1) is 0 Å². The fraction of sp³-hybridized carbons (Fsp3) is 0.529. The molecule has 2 amide bonds. The summed E-state index contributed by atoms with van der Waals surface area (Å²) in [5, 5.41) is 5.68. The van der Waals surface area contributed by atoms with E-state index in [4.69, 9.17) is 0 Å². The van der Waals surface area contributed by atoms with Crippen molar-refractivity contribution in [1.82, 2.24) is 10.6 Å². The number of aryl methyl sites for hydroxylation is 2. The molecule has 1 atom stereocenters. The van der Waals surface area contributed by atoms with E-state index in [2.05, 4.69) is 41.8 Å². The lowest BCUT2D eigenvalue weighted by Gasteiger charge is -2.15. The van der Waals surface area contributed by atoms with Crippen LogP contribution in [0.15, 0.2) is 24.3 Å². The smallest absolute Gasteiger partial charge is 0.242 e. The van der Waals surface area contributed by atoms with Crippen molar-refractivity contribution in [1.29, 1.82) is 0 Å². The Hall–Kier alpha value is -1.84. The molecule has 2 N–H and O–H groups in total. The predicted molar refractivity (Wildman–Crippen MR) is 82.9 cm³/mol. The maximum absolute atomic E-state index is 12.0. The summed E-state index contributed by atoms with van der Waals surface area (Å²) in [6.45, 7) is 2.84.